The molecule has 0 saturated carbocycles. The van der Waals surface area contributed by atoms with Gasteiger partial charge in [0, 0.05) is 5.54 Å². The minimum absolute atomic E-state index is 0.0777. The van der Waals surface area contributed by atoms with Crippen molar-refractivity contribution in [2.75, 3.05) is 12.9 Å². The molecule has 0 spiro atoms. The molecule has 4 rings (SSSR count). The van der Waals surface area contributed by atoms with Crippen LogP contribution in [-0.4, -0.2) is 39.1 Å². The van der Waals surface area contributed by atoms with E-state index in [4.69, 9.17) is 9.72 Å². The summed E-state index contributed by atoms with van der Waals surface area (Å²) in [4.78, 5) is 32.2. The van der Waals surface area contributed by atoms with Crippen molar-refractivity contribution in [3.05, 3.63) is 40.2 Å². The molecule has 32 heavy (non-hydrogen) atoms. The van der Waals surface area contributed by atoms with Gasteiger partial charge in [-0.1, -0.05) is 11.8 Å². The molecule has 3 aromatic rings. The van der Waals surface area contributed by atoms with Crippen LogP contribution in [0.3, 0.4) is 0 Å². The topological polar surface area (TPSA) is 73.2 Å². The van der Waals surface area contributed by atoms with Gasteiger partial charge in [-0.2, -0.15) is 0 Å². The molecule has 0 bridgehead atoms. The molecule has 0 fully saturated rings. The highest BCUT2D eigenvalue weighted by Crippen LogP contribution is 2.41. The lowest BCUT2D eigenvalue weighted by atomic mass is 10.1. The highest BCUT2D eigenvalue weighted by Gasteiger charge is 2.26. The number of nitrogens with one attached hydrogen (secondary N) is 1. The van der Waals surface area contributed by atoms with Crippen LogP contribution < -0.4 is 15.6 Å². The molecule has 1 aromatic carbocycles. The molecule has 1 amide bonds. The summed E-state index contributed by atoms with van der Waals surface area (Å²) in [6, 6.07) is 7.36. The molecule has 3 heterocycles. The Morgan fingerprint density at radius 2 is 2.00 bits per heavy atom. The normalized spacial score (nSPS) is 14.8. The fraction of sp³-hybridized carbons (Fsp3) is 0.435. The third kappa shape index (κ3) is 4.70. The minimum atomic E-state index is -0.410. The lowest BCUT2D eigenvalue weighted by Crippen LogP contribution is -2.44. The average molecular weight is 490 g/mol. The monoisotopic (exact) mass is 489 g/mol. The van der Waals surface area contributed by atoms with Crippen LogP contribution in [0.2, 0.25) is 0 Å². The zero-order valence-electron chi connectivity index (χ0n) is 18.9. The summed E-state index contributed by atoms with van der Waals surface area (Å²) in [5, 5.41) is 3.84. The maximum Gasteiger partial charge on any atom is 0.267 e. The first-order chi connectivity index (χ1) is 15.2. The van der Waals surface area contributed by atoms with E-state index in [2.05, 4.69) is 5.32 Å². The van der Waals surface area contributed by atoms with Gasteiger partial charge in [0.2, 0.25) is 5.91 Å². The number of benzene rings is 1. The quantitative estimate of drug-likeness (QED) is 0.406. The lowest BCUT2D eigenvalue weighted by molar-refractivity contribution is -0.121. The van der Waals surface area contributed by atoms with Gasteiger partial charge in [0.15, 0.2) is 5.16 Å². The second-order valence-corrected chi connectivity index (χ2v) is 12.4. The van der Waals surface area contributed by atoms with Crippen LogP contribution in [-0.2, 0) is 11.2 Å². The highest BCUT2D eigenvalue weighted by molar-refractivity contribution is 8.01. The number of rotatable bonds is 5. The summed E-state index contributed by atoms with van der Waals surface area (Å²) >= 11 is 4.70. The van der Waals surface area contributed by atoms with Gasteiger partial charge in [-0.15, -0.1) is 23.1 Å². The molecule has 9 heteroatoms. The number of thioether (sulfide) groups is 2. The first-order valence-electron chi connectivity index (χ1n) is 10.5. The van der Waals surface area contributed by atoms with Crippen LogP contribution in [0.4, 0.5) is 0 Å². The Balaban J connectivity index is 1.84. The number of hydrogen-bond acceptors (Lipinski definition) is 7. The van der Waals surface area contributed by atoms with Crippen molar-refractivity contribution in [2.24, 2.45) is 0 Å². The fourth-order valence-corrected chi connectivity index (χ4v) is 7.05. The SMILES string of the molecule is COc1ccc(-n2c(SC(C)C(=O)NC(C)(C)C)nc3sc4c(c3c2=O)CCCS4)cc1. The molecule has 170 valence electrons. The highest BCUT2D eigenvalue weighted by atomic mass is 32.2. The predicted molar refractivity (Wildman–Crippen MR) is 134 cm³/mol. The predicted octanol–water partition coefficient (Wildman–Crippen LogP) is 4.89. The molecular weight excluding hydrogens is 462 g/mol. The van der Waals surface area contributed by atoms with Crippen LogP contribution in [0.1, 0.15) is 39.7 Å². The van der Waals surface area contributed by atoms with Crippen LogP contribution in [0.25, 0.3) is 15.9 Å². The summed E-state index contributed by atoms with van der Waals surface area (Å²) in [5.74, 6) is 1.70. The largest absolute Gasteiger partial charge is 0.497 e. The third-order valence-corrected chi connectivity index (χ3v) is 8.62. The number of thiophene rings is 1. The minimum Gasteiger partial charge on any atom is -0.497 e. The second kappa shape index (κ2) is 9.11. The van der Waals surface area contributed by atoms with E-state index in [0.29, 0.717) is 22.0 Å². The number of carbonyl (C=O) groups is 1. The van der Waals surface area contributed by atoms with Crippen molar-refractivity contribution in [1.82, 2.24) is 14.9 Å². The van der Waals surface area contributed by atoms with Crippen molar-refractivity contribution >= 4 is 51.0 Å². The van der Waals surface area contributed by atoms with Gasteiger partial charge in [-0.05, 0) is 76.1 Å². The Morgan fingerprint density at radius 1 is 1.28 bits per heavy atom. The fourth-order valence-electron chi connectivity index (χ4n) is 3.54. The number of nitrogens with zero attached hydrogens (tertiary/aromatic N) is 2. The van der Waals surface area contributed by atoms with E-state index in [0.717, 1.165) is 29.0 Å². The van der Waals surface area contributed by atoms with Gasteiger partial charge in [0.25, 0.3) is 5.56 Å². The number of fused-ring (bicyclic) bond motifs is 3. The molecule has 1 atom stereocenters. The molecule has 1 unspecified atom stereocenters. The number of aromatic nitrogens is 2. The number of aryl methyl sites for hydroxylation is 1. The Bertz CT molecular complexity index is 1210. The Labute approximate surface area is 200 Å². The van der Waals surface area contributed by atoms with E-state index < -0.39 is 5.25 Å². The smallest absolute Gasteiger partial charge is 0.267 e. The van der Waals surface area contributed by atoms with Gasteiger partial charge in [0.05, 0.1) is 27.6 Å². The van der Waals surface area contributed by atoms with Crippen LogP contribution in [0.15, 0.2) is 38.4 Å². The number of carbonyl (C=O) groups excluding carboxylic acids is 1. The zero-order valence-corrected chi connectivity index (χ0v) is 21.3. The van der Waals surface area contributed by atoms with Gasteiger partial charge in [0.1, 0.15) is 10.6 Å². The molecule has 0 saturated heterocycles. The van der Waals surface area contributed by atoms with E-state index in [-0.39, 0.29) is 17.0 Å². The number of ether oxygens (including phenoxy) is 1. The van der Waals surface area contributed by atoms with Crippen molar-refractivity contribution in [3.8, 4) is 11.4 Å². The molecule has 0 radical (unpaired) electrons. The van der Waals surface area contributed by atoms with E-state index in [1.807, 2.05) is 52.0 Å². The number of amides is 1. The molecule has 1 N–H and O–H groups in total. The maximum absolute atomic E-state index is 13.8. The van der Waals surface area contributed by atoms with Gasteiger partial charge in [-0.3, -0.25) is 14.2 Å². The molecule has 6 nitrogen and oxygen atoms in total. The molecule has 2 aromatic heterocycles. The van der Waals surface area contributed by atoms with E-state index in [1.165, 1.54) is 16.0 Å². The number of methoxy groups -OCH3 is 1. The van der Waals surface area contributed by atoms with Gasteiger partial charge in [-0.25, -0.2) is 4.98 Å². The zero-order chi connectivity index (χ0) is 23.0. The van der Waals surface area contributed by atoms with E-state index in [9.17, 15) is 9.59 Å². The lowest BCUT2D eigenvalue weighted by Gasteiger charge is -2.23. The number of hydrogen-bond donors (Lipinski definition) is 1. The van der Waals surface area contributed by atoms with Crippen molar-refractivity contribution < 1.29 is 9.53 Å². The molecule has 1 aliphatic heterocycles. The standard InChI is InChI=1S/C23H27N3O3S3/c1-13(18(27)25-23(2,3)4)31-22-24-19-17(16-7-6-12-30-21(16)32-19)20(28)26(22)14-8-10-15(29-5)11-9-14/h8-11,13H,6-7,12H2,1-5H3,(H,25,27). The summed E-state index contributed by atoms with van der Waals surface area (Å²) in [6.45, 7) is 7.70. The summed E-state index contributed by atoms with van der Waals surface area (Å²) in [6.07, 6.45) is 1.96. The summed E-state index contributed by atoms with van der Waals surface area (Å²) in [5.41, 5.74) is 1.42. The van der Waals surface area contributed by atoms with E-state index in [1.54, 1.807) is 34.8 Å². The average Bonchev–Trinajstić information content (AvgIpc) is 3.11. The van der Waals surface area contributed by atoms with E-state index >= 15 is 0 Å². The molecule has 1 aliphatic rings. The summed E-state index contributed by atoms with van der Waals surface area (Å²) in [7, 11) is 1.61. The Morgan fingerprint density at radius 3 is 2.66 bits per heavy atom. The van der Waals surface area contributed by atoms with Crippen LogP contribution in [0, 0.1) is 0 Å². The molecule has 0 aliphatic carbocycles. The first kappa shape index (κ1) is 23.2. The van der Waals surface area contributed by atoms with Gasteiger partial charge >= 0.3 is 0 Å². The Hall–Kier alpha value is -1.97. The van der Waals surface area contributed by atoms with Crippen LogP contribution in [0.5, 0.6) is 5.75 Å². The maximum atomic E-state index is 13.8. The van der Waals surface area contributed by atoms with Crippen molar-refractivity contribution in [3.63, 3.8) is 0 Å². The third-order valence-electron chi connectivity index (χ3n) is 5.04. The first-order valence-corrected chi connectivity index (χ1v) is 13.2. The van der Waals surface area contributed by atoms with Gasteiger partial charge < -0.3 is 10.1 Å². The van der Waals surface area contributed by atoms with Crippen molar-refractivity contribution in [2.45, 2.75) is 60.7 Å². The van der Waals surface area contributed by atoms with Crippen LogP contribution >= 0.6 is 34.9 Å². The Kier molecular flexibility index (Phi) is 6.61. The second-order valence-electron chi connectivity index (χ2n) is 8.73. The molecular formula is C23H27N3O3S3. The summed E-state index contributed by atoms with van der Waals surface area (Å²) < 4.78 is 8.11. The van der Waals surface area contributed by atoms with Crippen molar-refractivity contribution in [1.29, 1.82) is 0 Å².